The monoisotopic (exact) mass is 1340 g/mol. The van der Waals surface area contributed by atoms with Crippen LogP contribution in [0.2, 0.25) is 0 Å². The van der Waals surface area contributed by atoms with Crippen molar-refractivity contribution in [3.05, 3.63) is 258 Å². The van der Waals surface area contributed by atoms with Gasteiger partial charge in [-0.15, -0.1) is 29.7 Å². The van der Waals surface area contributed by atoms with Gasteiger partial charge in [-0.1, -0.05) is 195 Å². The molecule has 1 aliphatic heterocycles. The van der Waals surface area contributed by atoms with Gasteiger partial charge < -0.3 is 13.9 Å². The van der Waals surface area contributed by atoms with E-state index < -0.39 is 97.7 Å². The van der Waals surface area contributed by atoms with E-state index in [0.29, 0.717) is 16.9 Å². The van der Waals surface area contributed by atoms with Gasteiger partial charge in [0, 0.05) is 60.7 Å². The Hall–Kier alpha value is -8.89. The summed E-state index contributed by atoms with van der Waals surface area (Å²) in [5.41, 5.74) is -0.260. The fourth-order valence-corrected chi connectivity index (χ4v) is 12.0. The van der Waals surface area contributed by atoms with E-state index in [-0.39, 0.29) is 133 Å². The molecule has 88 heavy (non-hydrogen) atoms. The minimum atomic E-state index is -3.00. The van der Waals surface area contributed by atoms with Gasteiger partial charge in [-0.2, -0.15) is 18.2 Å². The van der Waals surface area contributed by atoms with Gasteiger partial charge in [0.1, 0.15) is 5.82 Å². The Balaban J connectivity index is 0.0000103. The maximum Gasteiger partial charge on any atom is 0.268 e. The summed E-state index contributed by atoms with van der Waals surface area (Å²) in [6.07, 6.45) is 5.37. The Kier molecular flexibility index (Phi) is 9.66. The van der Waals surface area contributed by atoms with Crippen molar-refractivity contribution in [3.8, 4) is 95.5 Å². The third kappa shape index (κ3) is 10.0. The molecule has 4 heterocycles. The molecule has 3 aromatic heterocycles. The average Bonchev–Trinajstić information content (AvgIpc) is 1.46. The molecule has 0 saturated carbocycles. The summed E-state index contributed by atoms with van der Waals surface area (Å²) in [4.78, 5) is 4.86. The molecular formula is C82H72N4OPt-2. The average molecular weight is 1340 g/mol. The molecule has 14 rings (SSSR count). The molecule has 0 aliphatic carbocycles. The van der Waals surface area contributed by atoms with Gasteiger partial charge in [0.2, 0.25) is 0 Å². The number of aromatic nitrogens is 4. The van der Waals surface area contributed by atoms with Crippen LogP contribution in [0.4, 0.5) is 0 Å². The smallest absolute Gasteiger partial charge is 0.268 e. The number of nitrogens with zero attached hydrogens (tertiary/aromatic N) is 4. The van der Waals surface area contributed by atoms with Crippen molar-refractivity contribution in [2.75, 3.05) is 0 Å². The Labute approximate surface area is 561 Å². The van der Waals surface area contributed by atoms with Crippen molar-refractivity contribution in [3.63, 3.8) is 0 Å². The van der Waals surface area contributed by atoms with Crippen molar-refractivity contribution >= 4 is 32.8 Å². The zero-order chi connectivity index (χ0) is 77.4. The van der Waals surface area contributed by atoms with Gasteiger partial charge in [-0.25, -0.2) is 4.98 Å². The third-order valence-corrected chi connectivity index (χ3v) is 16.5. The van der Waals surface area contributed by atoms with E-state index in [1.165, 1.54) is 48.5 Å². The number of pyridine rings is 1. The number of aryl methyl sites for hydroxylation is 4. The topological polar surface area (TPSA) is 35.9 Å². The molecule has 0 saturated heterocycles. The maximum atomic E-state index is 10.3. The van der Waals surface area contributed by atoms with Crippen molar-refractivity contribution in [1.82, 2.24) is 14.1 Å². The molecule has 13 aromatic rings. The molecule has 0 amide bonds. The normalized spacial score (nSPS) is 16.1. The van der Waals surface area contributed by atoms with Gasteiger partial charge in [-0.05, 0) is 197 Å². The van der Waals surface area contributed by atoms with Crippen molar-refractivity contribution in [2.24, 2.45) is 0 Å². The zero-order valence-electron chi connectivity index (χ0n) is 69.9. The number of imidazole rings is 1. The molecule has 0 bridgehead atoms. The number of hydrogen-bond donors (Lipinski definition) is 0. The number of benzene rings is 10. The summed E-state index contributed by atoms with van der Waals surface area (Å²) in [7, 11) is 0. The van der Waals surface area contributed by atoms with Gasteiger partial charge >= 0.3 is 0 Å². The fraction of sp³-hybridized carbons (Fsp3) is 0.195. The van der Waals surface area contributed by atoms with Crippen molar-refractivity contribution in [1.29, 1.82) is 0 Å². The molecule has 0 radical (unpaired) electrons. The second-order valence-corrected chi connectivity index (χ2v) is 25.4. The summed E-state index contributed by atoms with van der Waals surface area (Å²) in [6, 6.07) is 41.4. The second-order valence-electron chi connectivity index (χ2n) is 25.4. The van der Waals surface area contributed by atoms with Crippen LogP contribution in [0.25, 0.3) is 117 Å². The van der Waals surface area contributed by atoms with E-state index >= 15 is 0 Å². The molecule has 0 unspecified atom stereocenters. The third-order valence-electron chi connectivity index (χ3n) is 16.5. The largest absolute Gasteiger partial charge is 0.510 e. The van der Waals surface area contributed by atoms with Crippen LogP contribution in [-0.2, 0) is 37.3 Å². The molecule has 5 nitrogen and oxygen atoms in total. The first-order chi connectivity index (χ1) is 49.8. The van der Waals surface area contributed by atoms with Crippen LogP contribution in [0.15, 0.2) is 200 Å². The molecule has 0 atom stereocenters. The van der Waals surface area contributed by atoms with Crippen molar-refractivity contribution < 1.29 is 57.8 Å². The molecule has 6 heteroatoms. The Morgan fingerprint density at radius 3 is 1.64 bits per heavy atom. The number of ether oxygens (including phenoxy) is 1. The van der Waals surface area contributed by atoms with Crippen LogP contribution in [0.3, 0.4) is 0 Å². The van der Waals surface area contributed by atoms with Crippen LogP contribution in [0.5, 0.6) is 11.5 Å². The molecular weight excluding hydrogens is 1250 g/mol. The summed E-state index contributed by atoms with van der Waals surface area (Å²) < 4.78 is 199. The van der Waals surface area contributed by atoms with Gasteiger partial charge in [0.05, 0.1) is 27.7 Å². The summed E-state index contributed by atoms with van der Waals surface area (Å²) >= 11 is 0. The molecule has 1 aliphatic rings. The summed E-state index contributed by atoms with van der Waals surface area (Å²) in [5, 5.41) is 1.81. The minimum absolute atomic E-state index is 0. The second kappa shape index (κ2) is 21.8. The Bertz CT molecular complexity index is 5820. The van der Waals surface area contributed by atoms with Gasteiger partial charge in [0.25, 0.3) is 6.33 Å². The van der Waals surface area contributed by atoms with Crippen molar-refractivity contribution in [2.45, 2.75) is 106 Å². The van der Waals surface area contributed by atoms with Crippen LogP contribution >= 0.6 is 0 Å². The van der Waals surface area contributed by atoms with E-state index in [9.17, 15) is 11.0 Å². The first-order valence-corrected chi connectivity index (χ1v) is 28.9. The fourth-order valence-electron chi connectivity index (χ4n) is 12.0. The predicted octanol–water partition coefficient (Wildman–Crippen LogP) is 21.0. The Morgan fingerprint density at radius 1 is 0.477 bits per heavy atom. The summed E-state index contributed by atoms with van der Waals surface area (Å²) in [5.74, 6) is 1.05. The number of hydrogen-bond acceptors (Lipinski definition) is 2. The number of fused-ring (bicyclic) bond motifs is 10. The van der Waals surface area contributed by atoms with Crippen LogP contribution < -0.4 is 9.30 Å². The van der Waals surface area contributed by atoms with E-state index in [2.05, 4.69) is 45.3 Å². The predicted molar refractivity (Wildman–Crippen MR) is 361 cm³/mol. The standard InChI is InChI=1S/C82H72N4O.Pt/c1-50-23-20-24-51(2)76(50)55-41-69(54-39-58(81(8,9)10)45-59(40-54)82(11,12)13)78-70(42-55)65-31-16-14-29-63(65)64-30-15-17-32-66(64)71-43-56(77-52(3)25-21-26-53(77)4)44-74-79(71)85(78)49-84(74)60-27-22-28-61(47-60)87-62-35-36-68-67-33-18-19-34-72(67)86(73(68)48-62)75-46-57(37-38-83-75)80(5,6)7;/h14-46H,1-13H3;/q-2;/i1D3,2D3,3D3,4D3,14D,15D,16D,17D,29D,30D,31D,32D;. The SMILES string of the molecule is [2H]c1c([2H])c([2H])c2c(c1[2H])-c1cc(-c3c(C([2H])([2H])[2H])cccc3C([2H])([2H])[2H])cc(-c3cc(C(C)(C)C)cc(C(C)(C)C)c3)c1-[n+]1[c-]n(-c3[c-]c(Oc4[c-]c5c(cc4)c4ccccc4n5-c4cc(C(C)(C)C)ccn4)ccc3)c3cc(-c4c(C([2H])([2H])[2H])cccc4C([2H])([2H])[2H])cc(c31)-c1c([2H])c([2H])c([2H])c([2H])c1-2.[Pt]. The first kappa shape index (κ1) is 39.1. The van der Waals surface area contributed by atoms with Crippen LogP contribution in [-0.4, -0.2) is 14.1 Å². The first-order valence-electron chi connectivity index (χ1n) is 38.9. The molecule has 0 N–H and O–H groups in total. The van der Waals surface area contributed by atoms with Gasteiger partial charge in [-0.3, -0.25) is 4.57 Å². The maximum absolute atomic E-state index is 10.3. The molecule has 10 aromatic carbocycles. The zero-order valence-corrected chi connectivity index (χ0v) is 52.2. The van der Waals surface area contributed by atoms with E-state index in [0.717, 1.165) is 33.0 Å². The minimum Gasteiger partial charge on any atom is -0.510 e. The van der Waals surface area contributed by atoms with E-state index in [4.69, 9.17) is 26.2 Å². The summed E-state index contributed by atoms with van der Waals surface area (Å²) in [6.45, 7) is 6.57. The van der Waals surface area contributed by atoms with Crippen LogP contribution in [0, 0.1) is 45.9 Å². The molecule has 0 fully saturated rings. The van der Waals surface area contributed by atoms with E-state index in [1.807, 2.05) is 101 Å². The van der Waals surface area contributed by atoms with E-state index in [1.54, 1.807) is 51.7 Å². The number of rotatable bonds is 7. The molecule has 438 valence electrons. The number of para-hydroxylation sites is 1. The molecule has 0 spiro atoms. The quantitative estimate of drug-likeness (QED) is 0.118. The van der Waals surface area contributed by atoms with Gasteiger partial charge in [0.15, 0.2) is 0 Å². The van der Waals surface area contributed by atoms with Crippen LogP contribution in [0.1, 0.15) is 129 Å². The Morgan fingerprint density at radius 2 is 1.02 bits per heavy atom.